The lowest BCUT2D eigenvalue weighted by atomic mass is 9.93. The fourth-order valence-corrected chi connectivity index (χ4v) is 2.74. The molecule has 1 aliphatic heterocycles. The van der Waals surface area contributed by atoms with Crippen molar-refractivity contribution in [3.05, 3.63) is 23.2 Å². The Kier molecular flexibility index (Phi) is 4.36. The number of likely N-dealkylation sites (tertiary alicyclic amines) is 1. The maximum Gasteiger partial charge on any atom is 0.118 e. The maximum atomic E-state index is 5.84. The molecule has 19 heavy (non-hydrogen) atoms. The minimum atomic E-state index is 0.472. The lowest BCUT2D eigenvalue weighted by molar-refractivity contribution is 0.282. The third-order valence-electron chi connectivity index (χ3n) is 3.91. The second-order valence-corrected chi connectivity index (χ2v) is 6.95. The molecule has 1 aromatic heterocycles. The van der Waals surface area contributed by atoms with Gasteiger partial charge in [0.1, 0.15) is 11.5 Å². The summed E-state index contributed by atoms with van der Waals surface area (Å²) in [5.74, 6) is 2.13. The molecule has 1 aromatic rings. The molecule has 1 fully saturated rings. The van der Waals surface area contributed by atoms with Crippen molar-refractivity contribution in [2.75, 3.05) is 13.1 Å². The van der Waals surface area contributed by atoms with E-state index in [-0.39, 0.29) is 0 Å². The fourth-order valence-electron chi connectivity index (χ4n) is 2.74. The first-order valence-corrected chi connectivity index (χ1v) is 7.40. The topological polar surface area (TPSA) is 28.4 Å². The van der Waals surface area contributed by atoms with Crippen molar-refractivity contribution in [3.8, 4) is 0 Å². The van der Waals surface area contributed by atoms with Crippen LogP contribution in [0.5, 0.6) is 0 Å². The summed E-state index contributed by atoms with van der Waals surface area (Å²) >= 11 is 0. The normalized spacial score (nSPS) is 19.5. The smallest absolute Gasteiger partial charge is 0.118 e. The molecule has 1 N–H and O–H groups in total. The summed E-state index contributed by atoms with van der Waals surface area (Å²) in [6, 6.07) is 2.71. The van der Waals surface area contributed by atoms with Gasteiger partial charge in [0.2, 0.25) is 0 Å². The van der Waals surface area contributed by atoms with Crippen molar-refractivity contribution in [1.82, 2.24) is 10.2 Å². The first-order valence-electron chi connectivity index (χ1n) is 7.40. The van der Waals surface area contributed by atoms with E-state index in [4.69, 9.17) is 4.42 Å². The van der Waals surface area contributed by atoms with E-state index in [0.717, 1.165) is 24.6 Å². The first kappa shape index (κ1) is 14.6. The van der Waals surface area contributed by atoms with Crippen molar-refractivity contribution < 1.29 is 4.42 Å². The SMILES string of the molecule is Cc1oc(CNC(C)C)cc1CN1CCC(C)(C)C1. The van der Waals surface area contributed by atoms with Crippen molar-refractivity contribution >= 4 is 0 Å². The summed E-state index contributed by atoms with van der Waals surface area (Å²) in [4.78, 5) is 2.54. The van der Waals surface area contributed by atoms with Crippen LogP contribution in [0.1, 0.15) is 51.2 Å². The maximum absolute atomic E-state index is 5.84. The van der Waals surface area contributed by atoms with Gasteiger partial charge in [-0.05, 0) is 31.4 Å². The van der Waals surface area contributed by atoms with Gasteiger partial charge in [0.25, 0.3) is 0 Å². The summed E-state index contributed by atoms with van der Waals surface area (Å²) in [7, 11) is 0. The minimum absolute atomic E-state index is 0.472. The zero-order valence-electron chi connectivity index (χ0n) is 13.0. The van der Waals surface area contributed by atoms with Crippen LogP contribution in [0.15, 0.2) is 10.5 Å². The largest absolute Gasteiger partial charge is 0.465 e. The Hall–Kier alpha value is -0.800. The number of hydrogen-bond acceptors (Lipinski definition) is 3. The molecule has 0 aliphatic carbocycles. The quantitative estimate of drug-likeness (QED) is 0.884. The molecule has 0 radical (unpaired) electrons. The van der Waals surface area contributed by atoms with Gasteiger partial charge in [-0.1, -0.05) is 27.7 Å². The zero-order chi connectivity index (χ0) is 14.0. The molecule has 1 saturated heterocycles. The molecule has 2 heterocycles. The van der Waals surface area contributed by atoms with Crippen LogP contribution in [-0.2, 0) is 13.1 Å². The Labute approximate surface area is 117 Å². The van der Waals surface area contributed by atoms with Gasteiger partial charge in [0.15, 0.2) is 0 Å². The van der Waals surface area contributed by atoms with E-state index >= 15 is 0 Å². The highest BCUT2D eigenvalue weighted by molar-refractivity contribution is 5.21. The molecule has 0 spiro atoms. The van der Waals surface area contributed by atoms with Gasteiger partial charge >= 0.3 is 0 Å². The molecule has 0 unspecified atom stereocenters. The van der Waals surface area contributed by atoms with Crippen LogP contribution < -0.4 is 5.32 Å². The van der Waals surface area contributed by atoms with Gasteiger partial charge in [-0.25, -0.2) is 0 Å². The number of aryl methyl sites for hydroxylation is 1. The minimum Gasteiger partial charge on any atom is -0.465 e. The Morgan fingerprint density at radius 3 is 2.74 bits per heavy atom. The van der Waals surface area contributed by atoms with Crippen LogP contribution in [0.2, 0.25) is 0 Å². The number of nitrogens with zero attached hydrogens (tertiary/aromatic N) is 1. The van der Waals surface area contributed by atoms with Crippen molar-refractivity contribution in [1.29, 1.82) is 0 Å². The molecular weight excluding hydrogens is 236 g/mol. The highest BCUT2D eigenvalue weighted by Gasteiger charge is 2.29. The summed E-state index contributed by atoms with van der Waals surface area (Å²) in [5, 5.41) is 3.40. The molecular formula is C16H28N2O. The van der Waals surface area contributed by atoms with Crippen LogP contribution in [0.25, 0.3) is 0 Å². The van der Waals surface area contributed by atoms with E-state index in [2.05, 4.69) is 50.9 Å². The van der Waals surface area contributed by atoms with Gasteiger partial charge < -0.3 is 9.73 Å². The molecule has 3 heteroatoms. The summed E-state index contributed by atoms with van der Waals surface area (Å²) < 4.78 is 5.84. The summed E-state index contributed by atoms with van der Waals surface area (Å²) in [6.45, 7) is 15.3. The van der Waals surface area contributed by atoms with Gasteiger partial charge in [-0.15, -0.1) is 0 Å². The molecule has 0 amide bonds. The molecule has 0 aromatic carbocycles. The Balaban J connectivity index is 1.94. The van der Waals surface area contributed by atoms with Crippen LogP contribution in [0.3, 0.4) is 0 Å². The number of furan rings is 1. The molecule has 0 atom stereocenters. The monoisotopic (exact) mass is 264 g/mol. The molecule has 0 saturated carbocycles. The van der Waals surface area contributed by atoms with Crippen molar-refractivity contribution in [3.63, 3.8) is 0 Å². The standard InChI is InChI=1S/C16H28N2O/c1-12(2)17-9-15-8-14(13(3)19-15)10-18-7-6-16(4,5)11-18/h8,12,17H,6-7,9-11H2,1-5H3. The average Bonchev–Trinajstić information content (AvgIpc) is 2.80. The van der Waals surface area contributed by atoms with Crippen LogP contribution >= 0.6 is 0 Å². The van der Waals surface area contributed by atoms with Gasteiger partial charge in [0.05, 0.1) is 6.54 Å². The molecule has 3 nitrogen and oxygen atoms in total. The van der Waals surface area contributed by atoms with Crippen LogP contribution in [0.4, 0.5) is 0 Å². The van der Waals surface area contributed by atoms with Gasteiger partial charge in [-0.3, -0.25) is 4.90 Å². The highest BCUT2D eigenvalue weighted by Crippen LogP contribution is 2.30. The van der Waals surface area contributed by atoms with Crippen LogP contribution in [0, 0.1) is 12.3 Å². The highest BCUT2D eigenvalue weighted by atomic mass is 16.3. The van der Waals surface area contributed by atoms with E-state index < -0.39 is 0 Å². The number of rotatable bonds is 5. The molecule has 0 bridgehead atoms. The van der Waals surface area contributed by atoms with E-state index in [9.17, 15) is 0 Å². The second kappa shape index (κ2) is 5.68. The third-order valence-corrected chi connectivity index (χ3v) is 3.91. The Morgan fingerprint density at radius 1 is 1.42 bits per heavy atom. The lowest BCUT2D eigenvalue weighted by Gasteiger charge is -2.19. The van der Waals surface area contributed by atoms with Gasteiger partial charge in [-0.2, -0.15) is 0 Å². The van der Waals surface area contributed by atoms with E-state index in [1.807, 2.05) is 0 Å². The number of nitrogens with one attached hydrogen (secondary N) is 1. The Morgan fingerprint density at radius 2 is 2.16 bits per heavy atom. The number of hydrogen-bond donors (Lipinski definition) is 1. The van der Waals surface area contributed by atoms with E-state index in [1.165, 1.54) is 25.1 Å². The molecule has 108 valence electrons. The average molecular weight is 264 g/mol. The zero-order valence-corrected chi connectivity index (χ0v) is 13.0. The summed E-state index contributed by atoms with van der Waals surface area (Å²) in [6.07, 6.45) is 1.30. The molecule has 2 rings (SSSR count). The lowest BCUT2D eigenvalue weighted by Crippen LogP contribution is -2.23. The Bertz CT molecular complexity index is 420. The molecule has 1 aliphatic rings. The predicted octanol–water partition coefficient (Wildman–Crippen LogP) is 3.32. The second-order valence-electron chi connectivity index (χ2n) is 6.95. The van der Waals surface area contributed by atoms with Crippen molar-refractivity contribution in [2.45, 2.75) is 60.2 Å². The van der Waals surface area contributed by atoms with Crippen LogP contribution in [-0.4, -0.2) is 24.0 Å². The predicted molar refractivity (Wildman–Crippen MR) is 79.1 cm³/mol. The fraction of sp³-hybridized carbons (Fsp3) is 0.750. The summed E-state index contributed by atoms with van der Waals surface area (Å²) in [5.41, 5.74) is 1.82. The van der Waals surface area contributed by atoms with E-state index in [1.54, 1.807) is 0 Å². The third kappa shape index (κ3) is 4.08. The van der Waals surface area contributed by atoms with Crippen molar-refractivity contribution in [2.24, 2.45) is 5.41 Å². The first-order chi connectivity index (χ1) is 8.85. The van der Waals surface area contributed by atoms with E-state index in [0.29, 0.717) is 11.5 Å². The van der Waals surface area contributed by atoms with Gasteiger partial charge in [0, 0.05) is 24.7 Å².